The monoisotopic (exact) mass is 328 g/mol. The summed E-state index contributed by atoms with van der Waals surface area (Å²) >= 11 is 0. The quantitative estimate of drug-likeness (QED) is 0.590. The number of nitrogens with zero attached hydrogens (tertiary/aromatic N) is 2. The number of piperazine rings is 1. The van der Waals surface area contributed by atoms with Crippen molar-refractivity contribution in [1.82, 2.24) is 9.21 Å². The van der Waals surface area contributed by atoms with E-state index in [-0.39, 0.29) is 29.7 Å². The number of methoxy groups -OCH3 is 2. The topological polar surface area (TPSA) is 109 Å². The van der Waals surface area contributed by atoms with Gasteiger partial charge in [0.25, 0.3) is 0 Å². The molecule has 1 fully saturated rings. The zero-order valence-corrected chi connectivity index (χ0v) is 13.4. The maximum absolute atomic E-state index is 12.7. The Morgan fingerprint density at radius 2 is 1.82 bits per heavy atom. The zero-order valence-electron chi connectivity index (χ0n) is 12.6. The summed E-state index contributed by atoms with van der Waals surface area (Å²) in [5.74, 6) is 0.727. The Labute approximate surface area is 130 Å². The summed E-state index contributed by atoms with van der Waals surface area (Å²) < 4.78 is 37.1. The van der Waals surface area contributed by atoms with Gasteiger partial charge < -0.3 is 20.1 Å². The Balaban J connectivity index is 2.26. The number of guanidine groups is 1. The van der Waals surface area contributed by atoms with Crippen molar-refractivity contribution in [2.45, 2.75) is 4.90 Å². The summed E-state index contributed by atoms with van der Waals surface area (Å²) in [6, 6.07) is 4.60. The van der Waals surface area contributed by atoms with E-state index in [0.29, 0.717) is 18.8 Å². The van der Waals surface area contributed by atoms with E-state index in [1.54, 1.807) is 17.0 Å². The third kappa shape index (κ3) is 3.09. The lowest BCUT2D eigenvalue weighted by Gasteiger charge is -2.34. The van der Waals surface area contributed by atoms with Crippen molar-refractivity contribution in [3.05, 3.63) is 18.2 Å². The number of nitrogens with two attached hydrogens (primary N) is 1. The molecule has 1 aliphatic rings. The highest BCUT2D eigenvalue weighted by Crippen LogP contribution is 2.30. The average Bonchev–Trinajstić information content (AvgIpc) is 2.54. The molecule has 0 saturated carbocycles. The number of hydrogen-bond acceptors (Lipinski definition) is 5. The maximum Gasteiger partial charge on any atom is 0.246 e. The van der Waals surface area contributed by atoms with Gasteiger partial charge in [0.2, 0.25) is 10.0 Å². The lowest BCUT2D eigenvalue weighted by Crippen LogP contribution is -2.52. The summed E-state index contributed by atoms with van der Waals surface area (Å²) in [6.45, 7) is 1.34. The van der Waals surface area contributed by atoms with Crippen molar-refractivity contribution < 1.29 is 17.9 Å². The second kappa shape index (κ2) is 6.41. The van der Waals surface area contributed by atoms with Crippen molar-refractivity contribution in [3.63, 3.8) is 0 Å². The third-order valence-corrected chi connectivity index (χ3v) is 5.51. The molecular formula is C13H20N4O4S. The fourth-order valence-electron chi connectivity index (χ4n) is 2.30. The smallest absolute Gasteiger partial charge is 0.246 e. The normalized spacial score (nSPS) is 16.4. The van der Waals surface area contributed by atoms with Gasteiger partial charge in [0.1, 0.15) is 16.4 Å². The van der Waals surface area contributed by atoms with Gasteiger partial charge in [-0.1, -0.05) is 0 Å². The van der Waals surface area contributed by atoms with Gasteiger partial charge in [-0.3, -0.25) is 5.41 Å². The molecule has 0 aromatic heterocycles. The van der Waals surface area contributed by atoms with Crippen molar-refractivity contribution in [2.24, 2.45) is 5.73 Å². The minimum absolute atomic E-state index is 0.0425. The number of sulfonamides is 1. The second-order valence-electron chi connectivity index (χ2n) is 4.79. The fraction of sp³-hybridized carbons (Fsp3) is 0.462. The number of benzene rings is 1. The van der Waals surface area contributed by atoms with Crippen molar-refractivity contribution >= 4 is 16.0 Å². The molecule has 3 N–H and O–H groups in total. The molecule has 2 rings (SSSR count). The molecule has 22 heavy (non-hydrogen) atoms. The number of rotatable bonds is 4. The lowest BCUT2D eigenvalue weighted by molar-refractivity contribution is 0.262. The summed E-state index contributed by atoms with van der Waals surface area (Å²) in [6.07, 6.45) is 0. The zero-order chi connectivity index (χ0) is 16.3. The molecule has 1 heterocycles. The van der Waals surface area contributed by atoms with Crippen LogP contribution in [-0.4, -0.2) is 64.0 Å². The van der Waals surface area contributed by atoms with Gasteiger partial charge in [-0.15, -0.1) is 0 Å². The van der Waals surface area contributed by atoms with Crippen LogP contribution in [0.4, 0.5) is 0 Å². The molecule has 0 atom stereocenters. The van der Waals surface area contributed by atoms with Gasteiger partial charge >= 0.3 is 0 Å². The van der Waals surface area contributed by atoms with E-state index in [1.807, 2.05) is 0 Å². The Bertz CT molecular complexity index is 654. The van der Waals surface area contributed by atoms with Gasteiger partial charge in [-0.25, -0.2) is 8.42 Å². The summed E-state index contributed by atoms with van der Waals surface area (Å²) in [7, 11) is -0.742. The van der Waals surface area contributed by atoms with Crippen LogP contribution in [-0.2, 0) is 10.0 Å². The number of ether oxygens (including phenoxy) is 2. The Morgan fingerprint density at radius 3 is 2.32 bits per heavy atom. The van der Waals surface area contributed by atoms with Crippen LogP contribution in [0.25, 0.3) is 0 Å². The Kier molecular flexibility index (Phi) is 4.77. The lowest BCUT2D eigenvalue weighted by atomic mass is 10.3. The van der Waals surface area contributed by atoms with Gasteiger partial charge in [0, 0.05) is 32.2 Å². The van der Waals surface area contributed by atoms with Crippen LogP contribution in [0.2, 0.25) is 0 Å². The highest BCUT2D eigenvalue weighted by molar-refractivity contribution is 7.89. The molecule has 0 bridgehead atoms. The number of hydrogen-bond donors (Lipinski definition) is 2. The third-order valence-electron chi connectivity index (χ3n) is 3.57. The first-order valence-electron chi connectivity index (χ1n) is 6.71. The molecule has 0 aliphatic carbocycles. The van der Waals surface area contributed by atoms with Crippen LogP contribution in [0.1, 0.15) is 0 Å². The molecule has 0 radical (unpaired) electrons. The van der Waals surface area contributed by atoms with E-state index in [1.165, 1.54) is 24.6 Å². The van der Waals surface area contributed by atoms with E-state index in [4.69, 9.17) is 20.6 Å². The summed E-state index contributed by atoms with van der Waals surface area (Å²) in [4.78, 5) is 1.74. The van der Waals surface area contributed by atoms with E-state index >= 15 is 0 Å². The second-order valence-corrected chi connectivity index (χ2v) is 6.70. The van der Waals surface area contributed by atoms with Gasteiger partial charge in [0.05, 0.1) is 14.2 Å². The van der Waals surface area contributed by atoms with Crippen molar-refractivity contribution in [1.29, 1.82) is 5.41 Å². The number of nitrogens with one attached hydrogen (secondary N) is 1. The molecule has 0 unspecified atom stereocenters. The van der Waals surface area contributed by atoms with Crippen LogP contribution in [0.5, 0.6) is 11.5 Å². The Hall–Kier alpha value is -2.00. The molecule has 1 aliphatic heterocycles. The molecular weight excluding hydrogens is 308 g/mol. The summed E-state index contributed by atoms with van der Waals surface area (Å²) in [5, 5.41) is 7.39. The first-order chi connectivity index (χ1) is 10.4. The molecule has 0 amide bonds. The molecule has 122 valence electrons. The Morgan fingerprint density at radius 1 is 1.18 bits per heavy atom. The van der Waals surface area contributed by atoms with E-state index in [2.05, 4.69) is 0 Å². The highest BCUT2D eigenvalue weighted by Gasteiger charge is 2.31. The molecule has 1 aromatic carbocycles. The van der Waals surface area contributed by atoms with E-state index in [0.717, 1.165) is 0 Å². The first kappa shape index (κ1) is 16.4. The maximum atomic E-state index is 12.7. The van der Waals surface area contributed by atoms with Crippen molar-refractivity contribution in [2.75, 3.05) is 40.4 Å². The van der Waals surface area contributed by atoms with Crippen LogP contribution in [0, 0.1) is 5.41 Å². The van der Waals surface area contributed by atoms with Crippen LogP contribution < -0.4 is 15.2 Å². The van der Waals surface area contributed by atoms with E-state index < -0.39 is 10.0 Å². The van der Waals surface area contributed by atoms with Gasteiger partial charge in [0.15, 0.2) is 5.96 Å². The van der Waals surface area contributed by atoms with Gasteiger partial charge in [-0.05, 0) is 12.1 Å². The molecule has 8 nitrogen and oxygen atoms in total. The molecule has 1 aromatic rings. The van der Waals surface area contributed by atoms with Crippen molar-refractivity contribution in [3.8, 4) is 11.5 Å². The first-order valence-corrected chi connectivity index (χ1v) is 8.15. The minimum atomic E-state index is -3.66. The van der Waals surface area contributed by atoms with Crippen LogP contribution >= 0.6 is 0 Å². The minimum Gasteiger partial charge on any atom is -0.497 e. The molecule has 0 spiro atoms. The standard InChI is InChI=1S/C13H20N4O4S/c1-20-10-3-4-12(11(9-10)21-2)22(18,19)17-7-5-16(6-8-17)13(14)15/h3-4,9H,5-8H2,1-2H3,(H3,14,15). The predicted octanol–water partition coefficient (Wildman–Crippen LogP) is -0.0964. The fourth-order valence-corrected chi connectivity index (χ4v) is 3.86. The molecule has 1 saturated heterocycles. The van der Waals surface area contributed by atoms with Crippen LogP contribution in [0.15, 0.2) is 23.1 Å². The highest BCUT2D eigenvalue weighted by atomic mass is 32.2. The SMILES string of the molecule is COc1ccc(S(=O)(=O)N2CCN(C(=N)N)CC2)c(OC)c1. The van der Waals surface area contributed by atoms with Gasteiger partial charge in [-0.2, -0.15) is 4.31 Å². The van der Waals surface area contributed by atoms with E-state index in [9.17, 15) is 8.42 Å². The van der Waals surface area contributed by atoms with Crippen LogP contribution in [0.3, 0.4) is 0 Å². The summed E-state index contributed by atoms with van der Waals surface area (Å²) in [5.41, 5.74) is 5.42. The average molecular weight is 328 g/mol. The predicted molar refractivity (Wildman–Crippen MR) is 81.8 cm³/mol. The largest absolute Gasteiger partial charge is 0.497 e. The molecule has 9 heteroatoms.